The van der Waals surface area contributed by atoms with Crippen molar-refractivity contribution in [3.63, 3.8) is 0 Å². The first-order valence-corrected chi connectivity index (χ1v) is 6.71. The van der Waals surface area contributed by atoms with E-state index in [1.54, 1.807) is 19.9 Å². The zero-order chi connectivity index (χ0) is 14.4. The van der Waals surface area contributed by atoms with E-state index in [2.05, 4.69) is 10.6 Å². The van der Waals surface area contributed by atoms with Crippen LogP contribution in [0.15, 0.2) is 23.1 Å². The molecule has 1 unspecified atom stereocenters. The van der Waals surface area contributed by atoms with E-state index in [0.29, 0.717) is 17.7 Å². The van der Waals surface area contributed by atoms with Crippen molar-refractivity contribution in [2.75, 3.05) is 13.6 Å². The van der Waals surface area contributed by atoms with Gasteiger partial charge in [0.05, 0.1) is 0 Å². The second-order valence-corrected chi connectivity index (χ2v) is 5.01. The van der Waals surface area contributed by atoms with E-state index in [9.17, 15) is 15.0 Å². The van der Waals surface area contributed by atoms with Gasteiger partial charge in [0.2, 0.25) is 5.91 Å². The summed E-state index contributed by atoms with van der Waals surface area (Å²) in [5.41, 5.74) is 1.26. The number of carbonyl (C=O) groups excluding carboxylic acids is 1. The van der Waals surface area contributed by atoms with E-state index in [1.165, 1.54) is 0 Å². The zero-order valence-electron chi connectivity index (χ0n) is 11.9. The average Bonchev–Trinajstić information content (AvgIpc) is 2.38. The number of hydrogen-bond acceptors (Lipinski definition) is 4. The highest BCUT2D eigenvalue weighted by atomic mass is 16.3. The van der Waals surface area contributed by atoms with Crippen molar-refractivity contribution in [3.05, 3.63) is 23.1 Å². The Hall–Kier alpha value is -1.33. The fourth-order valence-electron chi connectivity index (χ4n) is 2.04. The Morgan fingerprint density at radius 1 is 1.42 bits per heavy atom. The molecular weight excluding hydrogens is 244 g/mol. The van der Waals surface area contributed by atoms with Gasteiger partial charge in [0.25, 0.3) is 0 Å². The molecule has 0 aromatic heterocycles. The second kappa shape index (κ2) is 7.31. The second-order valence-electron chi connectivity index (χ2n) is 5.01. The summed E-state index contributed by atoms with van der Waals surface area (Å²) >= 11 is 0. The lowest BCUT2D eigenvalue weighted by Crippen LogP contribution is -2.35. The lowest BCUT2D eigenvalue weighted by atomic mass is 9.90. The Bertz CT molecular complexity index is 388. The lowest BCUT2D eigenvalue weighted by Gasteiger charge is -2.27. The fourth-order valence-corrected chi connectivity index (χ4v) is 2.04. The van der Waals surface area contributed by atoms with Crippen LogP contribution in [-0.4, -0.2) is 35.8 Å². The highest BCUT2D eigenvalue weighted by Gasteiger charge is 2.28. The van der Waals surface area contributed by atoms with Crippen LogP contribution in [0.1, 0.15) is 33.1 Å². The number of aliphatic hydroxyl groups is 2. The van der Waals surface area contributed by atoms with Crippen LogP contribution >= 0.6 is 0 Å². The minimum atomic E-state index is -0.940. The van der Waals surface area contributed by atoms with Gasteiger partial charge in [0, 0.05) is 18.0 Å². The maximum atomic E-state index is 11.8. The molecule has 108 valence electrons. The van der Waals surface area contributed by atoms with Gasteiger partial charge in [-0.1, -0.05) is 6.92 Å². The topological polar surface area (TPSA) is 81.6 Å². The van der Waals surface area contributed by atoms with Crippen molar-refractivity contribution >= 4 is 5.91 Å². The summed E-state index contributed by atoms with van der Waals surface area (Å²) in [4.78, 5) is 11.8. The molecule has 19 heavy (non-hydrogen) atoms. The third-order valence-electron chi connectivity index (χ3n) is 3.38. The van der Waals surface area contributed by atoms with Crippen molar-refractivity contribution in [2.24, 2.45) is 5.92 Å². The number of aliphatic hydroxyl groups excluding tert-OH is 2. The monoisotopic (exact) mass is 268 g/mol. The van der Waals surface area contributed by atoms with Crippen LogP contribution in [0.5, 0.6) is 0 Å². The summed E-state index contributed by atoms with van der Waals surface area (Å²) < 4.78 is 0. The zero-order valence-corrected chi connectivity index (χ0v) is 11.9. The van der Waals surface area contributed by atoms with E-state index >= 15 is 0 Å². The maximum absolute atomic E-state index is 11.8. The molecule has 0 fully saturated rings. The van der Waals surface area contributed by atoms with Gasteiger partial charge in [-0.15, -0.1) is 0 Å². The Morgan fingerprint density at radius 2 is 2.11 bits per heavy atom. The molecule has 0 aromatic rings. The predicted molar refractivity (Wildman–Crippen MR) is 74.5 cm³/mol. The van der Waals surface area contributed by atoms with Gasteiger partial charge < -0.3 is 20.8 Å². The molecule has 4 N–H and O–H groups in total. The van der Waals surface area contributed by atoms with Crippen LogP contribution in [0.2, 0.25) is 0 Å². The Labute approximate surface area is 114 Å². The Morgan fingerprint density at radius 3 is 2.74 bits per heavy atom. The SMILES string of the molecule is CNCCCCC(=O)NC1=CC(C)=C(O)C(O)[C@@H]1C. The van der Waals surface area contributed by atoms with E-state index in [-0.39, 0.29) is 17.6 Å². The highest BCUT2D eigenvalue weighted by Crippen LogP contribution is 2.26. The largest absolute Gasteiger partial charge is 0.509 e. The normalized spacial score (nSPS) is 23.3. The molecule has 1 amide bonds. The van der Waals surface area contributed by atoms with Crippen molar-refractivity contribution in [1.29, 1.82) is 0 Å². The minimum Gasteiger partial charge on any atom is -0.509 e. The van der Waals surface area contributed by atoms with Crippen LogP contribution in [0.3, 0.4) is 0 Å². The van der Waals surface area contributed by atoms with Crippen LogP contribution in [-0.2, 0) is 4.79 Å². The molecular formula is C14H24N2O3. The van der Waals surface area contributed by atoms with Crippen molar-refractivity contribution in [2.45, 2.75) is 39.2 Å². The third-order valence-corrected chi connectivity index (χ3v) is 3.38. The quantitative estimate of drug-likeness (QED) is 0.546. The van der Waals surface area contributed by atoms with Crippen molar-refractivity contribution in [3.8, 4) is 0 Å². The predicted octanol–water partition coefficient (Wildman–Crippen LogP) is 1.22. The van der Waals surface area contributed by atoms with E-state index < -0.39 is 6.10 Å². The molecule has 0 bridgehead atoms. The van der Waals surface area contributed by atoms with Gasteiger partial charge in [-0.25, -0.2) is 0 Å². The first-order valence-electron chi connectivity index (χ1n) is 6.71. The number of amides is 1. The summed E-state index contributed by atoms with van der Waals surface area (Å²) in [7, 11) is 1.89. The van der Waals surface area contributed by atoms with Crippen LogP contribution in [0, 0.1) is 5.92 Å². The van der Waals surface area contributed by atoms with Crippen molar-refractivity contribution in [1.82, 2.24) is 10.6 Å². The molecule has 0 saturated carbocycles. The summed E-state index contributed by atoms with van der Waals surface area (Å²) in [6.07, 6.45) is 3.04. The minimum absolute atomic E-state index is 0.0143. The summed E-state index contributed by atoms with van der Waals surface area (Å²) in [5.74, 6) is -0.361. The first-order chi connectivity index (χ1) is 8.97. The Kier molecular flexibility index (Phi) is 6.05. The van der Waals surface area contributed by atoms with Gasteiger partial charge >= 0.3 is 0 Å². The van der Waals surface area contributed by atoms with Gasteiger partial charge in [-0.2, -0.15) is 0 Å². The van der Waals surface area contributed by atoms with Gasteiger partial charge in [-0.3, -0.25) is 4.79 Å². The van der Waals surface area contributed by atoms with Crippen LogP contribution < -0.4 is 10.6 Å². The van der Waals surface area contributed by atoms with Crippen LogP contribution in [0.25, 0.3) is 0 Å². The van der Waals surface area contributed by atoms with Crippen LogP contribution in [0.4, 0.5) is 0 Å². The molecule has 2 atom stereocenters. The van der Waals surface area contributed by atoms with E-state index in [1.807, 2.05) is 7.05 Å². The molecule has 0 radical (unpaired) electrons. The van der Waals surface area contributed by atoms with E-state index in [0.717, 1.165) is 19.4 Å². The summed E-state index contributed by atoms with van der Waals surface area (Å²) in [5, 5.41) is 25.3. The summed E-state index contributed by atoms with van der Waals surface area (Å²) in [6, 6.07) is 0. The number of nitrogens with one attached hydrogen (secondary N) is 2. The number of allylic oxidation sites excluding steroid dienone is 2. The molecule has 1 rings (SSSR count). The highest BCUT2D eigenvalue weighted by molar-refractivity contribution is 5.78. The molecule has 5 nitrogen and oxygen atoms in total. The van der Waals surface area contributed by atoms with Gasteiger partial charge in [0.15, 0.2) is 0 Å². The number of unbranched alkanes of at least 4 members (excludes halogenated alkanes) is 1. The molecule has 0 heterocycles. The van der Waals surface area contributed by atoms with Gasteiger partial charge in [-0.05, 0) is 45.0 Å². The number of carbonyl (C=O) groups is 1. The molecule has 1 aliphatic rings. The molecule has 0 spiro atoms. The number of hydrogen-bond donors (Lipinski definition) is 4. The molecule has 0 saturated heterocycles. The standard InChI is InChI=1S/C14H24N2O3/c1-9-8-11(10(2)14(19)13(9)18)16-12(17)6-4-5-7-15-3/h8,10,14-15,18-19H,4-7H2,1-3H3,(H,16,17)/t10-,14?/m1/s1. The summed E-state index contributed by atoms with van der Waals surface area (Å²) in [6.45, 7) is 4.39. The first kappa shape index (κ1) is 15.7. The molecule has 0 aliphatic heterocycles. The fraction of sp³-hybridized carbons (Fsp3) is 0.643. The smallest absolute Gasteiger partial charge is 0.224 e. The van der Waals surface area contributed by atoms with E-state index in [4.69, 9.17) is 0 Å². The Balaban J connectivity index is 2.52. The lowest BCUT2D eigenvalue weighted by molar-refractivity contribution is -0.120. The molecule has 1 aliphatic carbocycles. The molecule has 0 aromatic carbocycles. The number of rotatable bonds is 6. The van der Waals surface area contributed by atoms with Gasteiger partial charge in [0.1, 0.15) is 11.9 Å². The van der Waals surface area contributed by atoms with Crippen molar-refractivity contribution < 1.29 is 15.0 Å². The third kappa shape index (κ3) is 4.36. The molecule has 5 heteroatoms. The maximum Gasteiger partial charge on any atom is 0.224 e. The average molecular weight is 268 g/mol.